The molecule has 3 rings (SSSR count). The Kier molecular flexibility index (Phi) is 6.83. The van der Waals surface area contributed by atoms with Crippen LogP contribution in [-0.4, -0.2) is 5.92 Å². The average molecular weight is 414 g/mol. The fourth-order valence-electron chi connectivity index (χ4n) is 4.25. The lowest BCUT2D eigenvalue weighted by atomic mass is 9.64. The third-order valence-electron chi connectivity index (χ3n) is 5.78. The van der Waals surface area contributed by atoms with Gasteiger partial charge in [-0.15, -0.1) is 6.58 Å². The van der Waals surface area contributed by atoms with E-state index in [4.69, 9.17) is 0 Å². The van der Waals surface area contributed by atoms with E-state index < -0.39 is 36.0 Å². The molecule has 0 amide bonds. The zero-order valence-corrected chi connectivity index (χ0v) is 17.2. The highest BCUT2D eigenvalue weighted by Crippen LogP contribution is 2.50. The summed E-state index contributed by atoms with van der Waals surface area (Å²) in [6.07, 6.45) is 5.96. The number of halogens is 2. The van der Waals surface area contributed by atoms with E-state index >= 15 is 0 Å². The maximum atomic E-state index is 14.6. The number of rotatable bonds is 7. The van der Waals surface area contributed by atoms with Crippen molar-refractivity contribution in [2.75, 3.05) is 0 Å². The van der Waals surface area contributed by atoms with Crippen LogP contribution in [0.1, 0.15) is 36.3 Å². The molecule has 4 heteroatoms. The molecular weight excluding hydrogens is 390 g/mol. The standard InChI is InChI=1S/C27H24F2N2/c1-2-16-26(19-30,20-31)25-15-17-27(28,29)18-24(25)23(22-11-7-4-8-12-22)14-13-21-9-5-3-6-10-21/h2-15,23-24H,1,16-18H2. The molecule has 0 bridgehead atoms. The molecule has 0 heterocycles. The fraction of sp³-hybridized carbons (Fsp3) is 0.259. The van der Waals surface area contributed by atoms with Crippen LogP contribution in [0.3, 0.4) is 0 Å². The van der Waals surface area contributed by atoms with Crippen LogP contribution >= 0.6 is 0 Å². The molecule has 1 aliphatic carbocycles. The van der Waals surface area contributed by atoms with E-state index in [0.29, 0.717) is 5.57 Å². The van der Waals surface area contributed by atoms with Crippen LogP contribution in [0.2, 0.25) is 0 Å². The van der Waals surface area contributed by atoms with Crippen molar-refractivity contribution in [2.24, 2.45) is 11.3 Å². The molecule has 0 aromatic heterocycles. The molecule has 31 heavy (non-hydrogen) atoms. The molecule has 2 aromatic carbocycles. The Balaban J connectivity index is 2.14. The lowest BCUT2D eigenvalue weighted by molar-refractivity contribution is -0.0256. The first-order valence-corrected chi connectivity index (χ1v) is 10.2. The SMILES string of the molecule is C=CCC(C#N)(C#N)C1=CCC(F)(F)CC1C(C=Cc1ccccc1)c1ccccc1. The Morgan fingerprint density at radius 1 is 1.06 bits per heavy atom. The van der Waals surface area contributed by atoms with Crippen LogP contribution in [-0.2, 0) is 0 Å². The Hall–Kier alpha value is -3.50. The van der Waals surface area contributed by atoms with Crippen LogP contribution in [0.15, 0.2) is 91.0 Å². The highest BCUT2D eigenvalue weighted by Gasteiger charge is 2.47. The first kappa shape index (κ1) is 22.2. The topological polar surface area (TPSA) is 47.6 Å². The molecule has 156 valence electrons. The van der Waals surface area contributed by atoms with E-state index in [1.165, 1.54) is 12.2 Å². The minimum absolute atomic E-state index is 0.0951. The highest BCUT2D eigenvalue weighted by molar-refractivity contribution is 5.52. The van der Waals surface area contributed by atoms with Gasteiger partial charge < -0.3 is 0 Å². The first-order chi connectivity index (χ1) is 14.9. The van der Waals surface area contributed by atoms with Crippen LogP contribution in [0, 0.1) is 34.0 Å². The second-order valence-corrected chi connectivity index (χ2v) is 7.86. The van der Waals surface area contributed by atoms with Gasteiger partial charge in [-0.2, -0.15) is 10.5 Å². The van der Waals surface area contributed by atoms with E-state index in [0.717, 1.165) is 11.1 Å². The zero-order valence-electron chi connectivity index (χ0n) is 17.2. The highest BCUT2D eigenvalue weighted by atomic mass is 19.3. The molecule has 0 radical (unpaired) electrons. The molecule has 2 nitrogen and oxygen atoms in total. The van der Waals surface area contributed by atoms with Gasteiger partial charge in [0.05, 0.1) is 12.1 Å². The molecule has 0 aliphatic heterocycles. The lowest BCUT2D eigenvalue weighted by Gasteiger charge is -2.38. The molecular formula is C27H24F2N2. The summed E-state index contributed by atoms with van der Waals surface area (Å²) >= 11 is 0. The van der Waals surface area contributed by atoms with Crippen molar-refractivity contribution in [3.05, 3.63) is 102 Å². The quantitative estimate of drug-likeness (QED) is 0.455. The first-order valence-electron chi connectivity index (χ1n) is 10.2. The number of hydrogen-bond acceptors (Lipinski definition) is 2. The fourth-order valence-corrected chi connectivity index (χ4v) is 4.25. The number of benzene rings is 2. The van der Waals surface area contributed by atoms with Crippen LogP contribution in [0.5, 0.6) is 0 Å². The van der Waals surface area contributed by atoms with Crippen molar-refractivity contribution in [1.82, 2.24) is 0 Å². The molecule has 0 fully saturated rings. The lowest BCUT2D eigenvalue weighted by Crippen LogP contribution is -2.35. The van der Waals surface area contributed by atoms with Gasteiger partial charge in [-0.05, 0) is 22.6 Å². The normalized spacial score (nSPS) is 19.1. The summed E-state index contributed by atoms with van der Waals surface area (Å²) in [5.41, 5.74) is 0.785. The third-order valence-corrected chi connectivity index (χ3v) is 5.78. The predicted molar refractivity (Wildman–Crippen MR) is 119 cm³/mol. The minimum Gasteiger partial charge on any atom is -0.207 e. The average Bonchev–Trinajstić information content (AvgIpc) is 2.79. The predicted octanol–water partition coefficient (Wildman–Crippen LogP) is 7.06. The molecule has 0 spiro atoms. The van der Waals surface area contributed by atoms with Gasteiger partial charge in [0.15, 0.2) is 5.41 Å². The minimum atomic E-state index is -2.90. The molecule has 1 aliphatic rings. The van der Waals surface area contributed by atoms with Gasteiger partial charge in [0.25, 0.3) is 5.92 Å². The Morgan fingerprint density at radius 3 is 2.26 bits per heavy atom. The van der Waals surface area contributed by atoms with Gasteiger partial charge in [-0.25, -0.2) is 8.78 Å². The van der Waals surface area contributed by atoms with Crippen molar-refractivity contribution < 1.29 is 8.78 Å². The number of nitriles is 2. The Labute approximate surface area is 182 Å². The molecule has 2 unspecified atom stereocenters. The van der Waals surface area contributed by atoms with Crippen LogP contribution in [0.4, 0.5) is 8.78 Å². The van der Waals surface area contributed by atoms with Crippen molar-refractivity contribution in [1.29, 1.82) is 10.5 Å². The summed E-state index contributed by atoms with van der Waals surface area (Å²) in [7, 11) is 0. The van der Waals surface area contributed by atoms with Crippen LogP contribution < -0.4 is 0 Å². The third kappa shape index (κ3) is 4.98. The van der Waals surface area contributed by atoms with Crippen LogP contribution in [0.25, 0.3) is 6.08 Å². The van der Waals surface area contributed by atoms with Gasteiger partial charge >= 0.3 is 0 Å². The number of alkyl halides is 2. The van der Waals surface area contributed by atoms with E-state index in [2.05, 4.69) is 18.7 Å². The largest absolute Gasteiger partial charge is 0.252 e. The maximum Gasteiger partial charge on any atom is 0.252 e. The van der Waals surface area contributed by atoms with Crippen molar-refractivity contribution >= 4 is 6.08 Å². The monoisotopic (exact) mass is 414 g/mol. The van der Waals surface area contributed by atoms with Gasteiger partial charge in [-0.3, -0.25) is 0 Å². The molecule has 2 atom stereocenters. The Morgan fingerprint density at radius 2 is 1.68 bits per heavy atom. The summed E-state index contributed by atoms with van der Waals surface area (Å²) in [5.74, 6) is -4.00. The van der Waals surface area contributed by atoms with E-state index in [1.54, 1.807) is 0 Å². The van der Waals surface area contributed by atoms with Gasteiger partial charge in [-0.1, -0.05) is 85.0 Å². The molecule has 0 N–H and O–H groups in total. The number of allylic oxidation sites excluding steroid dienone is 4. The van der Waals surface area contributed by atoms with E-state index in [-0.39, 0.29) is 6.42 Å². The molecule has 2 aromatic rings. The van der Waals surface area contributed by atoms with Gasteiger partial charge in [0.1, 0.15) is 0 Å². The number of nitrogens with zero attached hydrogens (tertiary/aromatic N) is 2. The number of hydrogen-bond donors (Lipinski definition) is 0. The van der Waals surface area contributed by atoms with Crippen molar-refractivity contribution in [2.45, 2.75) is 31.1 Å². The summed E-state index contributed by atoms with van der Waals surface area (Å²) in [5, 5.41) is 19.8. The smallest absolute Gasteiger partial charge is 0.207 e. The maximum absolute atomic E-state index is 14.6. The van der Waals surface area contributed by atoms with Gasteiger partial charge in [0, 0.05) is 25.2 Å². The van der Waals surface area contributed by atoms with Gasteiger partial charge in [0.2, 0.25) is 0 Å². The Bertz CT molecular complexity index is 1030. The van der Waals surface area contributed by atoms with Crippen molar-refractivity contribution in [3.63, 3.8) is 0 Å². The summed E-state index contributed by atoms with van der Waals surface area (Å²) in [6.45, 7) is 3.68. The summed E-state index contributed by atoms with van der Waals surface area (Å²) in [4.78, 5) is 0. The van der Waals surface area contributed by atoms with Crippen molar-refractivity contribution in [3.8, 4) is 12.1 Å². The zero-order chi connectivity index (χ0) is 22.3. The van der Waals surface area contributed by atoms with E-state index in [1.807, 2.05) is 72.8 Å². The molecule has 0 saturated heterocycles. The second-order valence-electron chi connectivity index (χ2n) is 7.86. The molecule has 0 saturated carbocycles. The summed E-state index contributed by atoms with van der Waals surface area (Å²) in [6, 6.07) is 23.3. The van der Waals surface area contributed by atoms with E-state index in [9.17, 15) is 19.3 Å². The summed E-state index contributed by atoms with van der Waals surface area (Å²) < 4.78 is 29.2. The second kappa shape index (κ2) is 9.54.